The Morgan fingerprint density at radius 3 is 2.94 bits per heavy atom. The van der Waals surface area contributed by atoms with E-state index < -0.39 is 0 Å². The molecule has 1 aromatic heterocycles. The molecule has 1 aliphatic rings. The Morgan fingerprint density at radius 2 is 2.44 bits per heavy atom. The van der Waals surface area contributed by atoms with Crippen molar-refractivity contribution in [3.63, 3.8) is 0 Å². The van der Waals surface area contributed by atoms with Crippen LogP contribution < -0.4 is 5.73 Å². The number of carbonyl (C=O) groups excluding carboxylic acids is 1. The summed E-state index contributed by atoms with van der Waals surface area (Å²) in [5, 5.41) is 1.97. The molecule has 88 valence electrons. The summed E-state index contributed by atoms with van der Waals surface area (Å²) in [5.41, 5.74) is 6.94. The van der Waals surface area contributed by atoms with Crippen LogP contribution in [0.15, 0.2) is 11.4 Å². The molecule has 0 aromatic carbocycles. The van der Waals surface area contributed by atoms with E-state index in [4.69, 9.17) is 5.73 Å². The van der Waals surface area contributed by atoms with Crippen molar-refractivity contribution < 1.29 is 4.79 Å². The van der Waals surface area contributed by atoms with E-state index >= 15 is 0 Å². The van der Waals surface area contributed by atoms with E-state index in [9.17, 15) is 4.79 Å². The number of hydrogen-bond donors (Lipinski definition) is 1. The third-order valence-electron chi connectivity index (χ3n) is 3.39. The molecule has 1 atom stereocenters. The molecule has 0 radical (unpaired) electrons. The van der Waals surface area contributed by atoms with Crippen LogP contribution in [-0.2, 0) is 0 Å². The minimum atomic E-state index is 0.112. The number of likely N-dealkylation sites (tertiary alicyclic amines) is 1. The van der Waals surface area contributed by atoms with Crippen molar-refractivity contribution in [2.24, 2.45) is 11.1 Å². The molecule has 2 rings (SSSR count). The van der Waals surface area contributed by atoms with Crippen molar-refractivity contribution in [3.05, 3.63) is 21.9 Å². The summed E-state index contributed by atoms with van der Waals surface area (Å²) in [4.78, 5) is 15.0. The van der Waals surface area contributed by atoms with Gasteiger partial charge in [0.1, 0.15) is 0 Å². The van der Waals surface area contributed by atoms with Gasteiger partial charge in [0.05, 0.1) is 4.88 Å². The van der Waals surface area contributed by atoms with Gasteiger partial charge in [-0.05, 0) is 42.3 Å². The Hall–Kier alpha value is -0.870. The first-order valence-electron chi connectivity index (χ1n) is 5.59. The van der Waals surface area contributed by atoms with E-state index in [2.05, 4.69) is 6.92 Å². The molecule has 1 saturated heterocycles. The Bertz CT molecular complexity index is 401. The number of aryl methyl sites for hydroxylation is 1. The van der Waals surface area contributed by atoms with Crippen molar-refractivity contribution in [1.82, 2.24) is 4.90 Å². The summed E-state index contributed by atoms with van der Waals surface area (Å²) in [5.74, 6) is 0.171. The Morgan fingerprint density at radius 1 is 1.69 bits per heavy atom. The molecule has 0 bridgehead atoms. The number of nitrogens with zero attached hydrogens (tertiary/aromatic N) is 1. The smallest absolute Gasteiger partial charge is 0.264 e. The van der Waals surface area contributed by atoms with Gasteiger partial charge in [-0.1, -0.05) is 6.92 Å². The van der Waals surface area contributed by atoms with Gasteiger partial charge in [0.2, 0.25) is 0 Å². The molecule has 2 heterocycles. The van der Waals surface area contributed by atoms with Crippen LogP contribution in [0.3, 0.4) is 0 Å². The summed E-state index contributed by atoms with van der Waals surface area (Å²) in [6.45, 7) is 6.42. The zero-order valence-electron chi connectivity index (χ0n) is 9.82. The Kier molecular flexibility index (Phi) is 3.04. The highest BCUT2D eigenvalue weighted by Gasteiger charge is 2.35. The van der Waals surface area contributed by atoms with E-state index in [1.165, 1.54) is 11.3 Å². The molecule has 1 aliphatic heterocycles. The summed E-state index contributed by atoms with van der Waals surface area (Å²) >= 11 is 1.53. The molecule has 4 heteroatoms. The molecule has 1 unspecified atom stereocenters. The summed E-state index contributed by atoms with van der Waals surface area (Å²) in [7, 11) is 0. The van der Waals surface area contributed by atoms with Crippen molar-refractivity contribution in [2.45, 2.75) is 20.3 Å². The van der Waals surface area contributed by atoms with Gasteiger partial charge in [-0.3, -0.25) is 4.79 Å². The van der Waals surface area contributed by atoms with Gasteiger partial charge in [0.25, 0.3) is 5.91 Å². The van der Waals surface area contributed by atoms with Crippen LogP contribution in [0.2, 0.25) is 0 Å². The maximum Gasteiger partial charge on any atom is 0.264 e. The largest absolute Gasteiger partial charge is 0.337 e. The lowest BCUT2D eigenvalue weighted by atomic mass is 9.90. The number of hydrogen-bond acceptors (Lipinski definition) is 3. The van der Waals surface area contributed by atoms with Crippen molar-refractivity contribution in [3.8, 4) is 0 Å². The van der Waals surface area contributed by atoms with Crippen LogP contribution >= 0.6 is 11.3 Å². The van der Waals surface area contributed by atoms with Crippen molar-refractivity contribution >= 4 is 17.2 Å². The second-order valence-corrected chi connectivity index (χ2v) is 5.84. The molecular formula is C12H18N2OS. The van der Waals surface area contributed by atoms with E-state index in [0.29, 0.717) is 6.54 Å². The van der Waals surface area contributed by atoms with Crippen molar-refractivity contribution in [2.75, 3.05) is 19.6 Å². The lowest BCUT2D eigenvalue weighted by Crippen LogP contribution is -2.34. The molecule has 1 fully saturated rings. The highest BCUT2D eigenvalue weighted by Crippen LogP contribution is 2.30. The Balaban J connectivity index is 2.11. The average Bonchev–Trinajstić information content (AvgIpc) is 2.85. The number of carbonyl (C=O) groups is 1. The summed E-state index contributed by atoms with van der Waals surface area (Å²) in [6, 6.07) is 2.00. The highest BCUT2D eigenvalue weighted by atomic mass is 32.1. The van der Waals surface area contributed by atoms with Gasteiger partial charge in [-0.15, -0.1) is 11.3 Å². The maximum atomic E-state index is 12.2. The normalized spacial score (nSPS) is 25.1. The fourth-order valence-electron chi connectivity index (χ4n) is 2.10. The lowest BCUT2D eigenvalue weighted by Gasteiger charge is -2.22. The van der Waals surface area contributed by atoms with Crippen LogP contribution in [-0.4, -0.2) is 30.4 Å². The summed E-state index contributed by atoms with van der Waals surface area (Å²) in [6.07, 6.45) is 1.01. The van der Waals surface area contributed by atoms with Gasteiger partial charge < -0.3 is 10.6 Å². The van der Waals surface area contributed by atoms with Gasteiger partial charge in [0.15, 0.2) is 0 Å². The fourth-order valence-corrected chi connectivity index (χ4v) is 2.99. The SMILES string of the molecule is Cc1ccsc1C(=O)N1CCC(C)(CN)C1. The van der Waals surface area contributed by atoms with Crippen LogP contribution in [0.4, 0.5) is 0 Å². The van der Waals surface area contributed by atoms with Gasteiger partial charge in [-0.25, -0.2) is 0 Å². The van der Waals surface area contributed by atoms with Crippen LogP contribution in [0.1, 0.15) is 28.6 Å². The number of amides is 1. The molecule has 16 heavy (non-hydrogen) atoms. The zero-order chi connectivity index (χ0) is 11.8. The van der Waals surface area contributed by atoms with E-state index in [1.807, 2.05) is 23.3 Å². The van der Waals surface area contributed by atoms with Gasteiger partial charge >= 0.3 is 0 Å². The molecule has 3 nitrogen and oxygen atoms in total. The first-order chi connectivity index (χ1) is 7.56. The third-order valence-corrected chi connectivity index (χ3v) is 4.40. The van der Waals surface area contributed by atoms with Crippen molar-refractivity contribution in [1.29, 1.82) is 0 Å². The van der Waals surface area contributed by atoms with Gasteiger partial charge in [-0.2, -0.15) is 0 Å². The van der Waals surface area contributed by atoms with Crippen LogP contribution in [0, 0.1) is 12.3 Å². The topological polar surface area (TPSA) is 46.3 Å². The molecule has 1 amide bonds. The lowest BCUT2D eigenvalue weighted by molar-refractivity contribution is 0.0781. The number of rotatable bonds is 2. The number of nitrogens with two attached hydrogens (primary N) is 1. The standard InChI is InChI=1S/C12H18N2OS/c1-9-3-6-16-10(9)11(15)14-5-4-12(2,7-13)8-14/h3,6H,4-5,7-8,13H2,1-2H3. The maximum absolute atomic E-state index is 12.2. The zero-order valence-corrected chi connectivity index (χ0v) is 10.6. The molecule has 0 spiro atoms. The fraction of sp³-hybridized carbons (Fsp3) is 0.583. The van der Waals surface area contributed by atoms with E-state index in [0.717, 1.165) is 30.0 Å². The quantitative estimate of drug-likeness (QED) is 0.855. The molecule has 1 aromatic rings. The van der Waals surface area contributed by atoms with Crippen LogP contribution in [0.25, 0.3) is 0 Å². The molecule has 0 aliphatic carbocycles. The highest BCUT2D eigenvalue weighted by molar-refractivity contribution is 7.12. The number of thiophene rings is 1. The second-order valence-electron chi connectivity index (χ2n) is 4.92. The predicted octanol–water partition coefficient (Wildman–Crippen LogP) is 1.87. The third kappa shape index (κ3) is 1.99. The minimum absolute atomic E-state index is 0.112. The Labute approximate surface area is 100 Å². The van der Waals surface area contributed by atoms with E-state index in [-0.39, 0.29) is 11.3 Å². The minimum Gasteiger partial charge on any atom is -0.337 e. The average molecular weight is 238 g/mol. The van der Waals surface area contributed by atoms with E-state index in [1.54, 1.807) is 0 Å². The van der Waals surface area contributed by atoms with Crippen LogP contribution in [0.5, 0.6) is 0 Å². The second kappa shape index (κ2) is 4.18. The molecule has 2 N–H and O–H groups in total. The monoisotopic (exact) mass is 238 g/mol. The summed E-state index contributed by atoms with van der Waals surface area (Å²) < 4.78 is 0. The first-order valence-corrected chi connectivity index (χ1v) is 6.47. The molecule has 0 saturated carbocycles. The predicted molar refractivity (Wildman–Crippen MR) is 66.7 cm³/mol. The van der Waals surface area contributed by atoms with Gasteiger partial charge in [0, 0.05) is 13.1 Å². The first kappa shape index (κ1) is 11.6. The molecular weight excluding hydrogens is 220 g/mol.